The third-order valence-electron chi connectivity index (χ3n) is 2.88. The van der Waals surface area contributed by atoms with Crippen molar-refractivity contribution in [2.75, 3.05) is 6.54 Å². The van der Waals surface area contributed by atoms with Gasteiger partial charge in [-0.05, 0) is 19.8 Å². The van der Waals surface area contributed by atoms with E-state index in [9.17, 15) is 4.39 Å². The van der Waals surface area contributed by atoms with Crippen LogP contribution in [0.4, 0.5) is 4.39 Å². The minimum atomic E-state index is -1.30. The molecule has 1 aromatic heterocycles. The van der Waals surface area contributed by atoms with Gasteiger partial charge >= 0.3 is 0 Å². The van der Waals surface area contributed by atoms with E-state index in [1.807, 2.05) is 0 Å². The lowest BCUT2D eigenvalue weighted by molar-refractivity contribution is 0.0968. The molecule has 2 atom stereocenters. The van der Waals surface area contributed by atoms with Crippen molar-refractivity contribution < 1.29 is 4.39 Å². The van der Waals surface area contributed by atoms with Crippen LogP contribution in [0.5, 0.6) is 0 Å². The lowest BCUT2D eigenvalue weighted by Gasteiger charge is -2.33. The molecule has 0 amide bonds. The zero-order valence-corrected chi connectivity index (χ0v) is 8.50. The first-order valence-corrected chi connectivity index (χ1v) is 4.89. The number of nitrogens with one attached hydrogen (secondary N) is 1. The first-order valence-electron chi connectivity index (χ1n) is 4.89. The zero-order valence-electron chi connectivity index (χ0n) is 8.50. The van der Waals surface area contributed by atoms with Crippen LogP contribution < -0.4 is 5.32 Å². The van der Waals surface area contributed by atoms with Crippen LogP contribution in [0, 0.1) is 0 Å². The van der Waals surface area contributed by atoms with Gasteiger partial charge in [0.05, 0.1) is 11.9 Å². The molecule has 2 heterocycles. The highest BCUT2D eigenvalue weighted by Gasteiger charge is 2.38. The first kappa shape index (κ1) is 9.58. The van der Waals surface area contributed by atoms with Crippen molar-refractivity contribution in [3.63, 3.8) is 0 Å². The fourth-order valence-corrected chi connectivity index (χ4v) is 1.89. The predicted octanol–water partition coefficient (Wildman–Crippen LogP) is 0.752. The lowest BCUT2D eigenvalue weighted by Crippen LogP contribution is -2.45. The molecule has 2 unspecified atom stereocenters. The van der Waals surface area contributed by atoms with E-state index in [-0.39, 0.29) is 0 Å². The summed E-state index contributed by atoms with van der Waals surface area (Å²) in [5, 5.41) is 10.6. The molecule has 0 spiro atoms. The van der Waals surface area contributed by atoms with Gasteiger partial charge in [-0.3, -0.25) is 0 Å². The molecule has 4 nitrogen and oxygen atoms in total. The summed E-state index contributed by atoms with van der Waals surface area (Å²) in [7, 11) is 1.72. The molecule has 78 valence electrons. The van der Waals surface area contributed by atoms with Crippen molar-refractivity contribution >= 4 is 0 Å². The molecule has 0 aromatic carbocycles. The van der Waals surface area contributed by atoms with Gasteiger partial charge in [0.15, 0.2) is 5.67 Å². The van der Waals surface area contributed by atoms with Crippen molar-refractivity contribution in [2.45, 2.75) is 31.5 Å². The molecule has 1 saturated heterocycles. The standard InChI is InChI=1S/C9H15FN4/c1-7-3-4-9(10,6-11-7)8-5-12-13-14(8)2/h5,7,11H,3-4,6H2,1-2H3. The minimum Gasteiger partial charge on any atom is -0.311 e. The summed E-state index contributed by atoms with van der Waals surface area (Å²) in [5.41, 5.74) is -0.734. The van der Waals surface area contributed by atoms with Crippen LogP contribution >= 0.6 is 0 Å². The number of aromatic nitrogens is 3. The van der Waals surface area contributed by atoms with Gasteiger partial charge in [-0.25, -0.2) is 9.07 Å². The molecular formula is C9H15FN4. The fraction of sp³-hybridized carbons (Fsp3) is 0.778. The molecule has 1 aliphatic rings. The molecule has 1 aliphatic heterocycles. The van der Waals surface area contributed by atoms with Crippen LogP contribution in [0.2, 0.25) is 0 Å². The molecule has 0 radical (unpaired) electrons. The largest absolute Gasteiger partial charge is 0.311 e. The highest BCUT2D eigenvalue weighted by molar-refractivity contribution is 5.10. The molecule has 1 aromatic rings. The molecule has 0 saturated carbocycles. The third-order valence-corrected chi connectivity index (χ3v) is 2.88. The second-order valence-corrected chi connectivity index (χ2v) is 4.03. The summed E-state index contributed by atoms with van der Waals surface area (Å²) in [6.45, 7) is 2.43. The van der Waals surface area contributed by atoms with E-state index >= 15 is 0 Å². The Hall–Kier alpha value is -0.970. The Balaban J connectivity index is 2.21. The minimum absolute atomic E-state index is 0.357. The Bertz CT molecular complexity index is 314. The van der Waals surface area contributed by atoms with Crippen LogP contribution in [0.1, 0.15) is 25.5 Å². The van der Waals surface area contributed by atoms with Crippen molar-refractivity contribution in [3.8, 4) is 0 Å². The topological polar surface area (TPSA) is 42.7 Å². The van der Waals surface area contributed by atoms with Crippen molar-refractivity contribution in [1.29, 1.82) is 0 Å². The number of halogens is 1. The quantitative estimate of drug-likeness (QED) is 0.724. The maximum atomic E-state index is 14.4. The van der Waals surface area contributed by atoms with Gasteiger partial charge in [0.1, 0.15) is 0 Å². The van der Waals surface area contributed by atoms with Gasteiger partial charge in [0.25, 0.3) is 0 Å². The van der Waals surface area contributed by atoms with E-state index in [2.05, 4.69) is 22.6 Å². The Morgan fingerprint density at radius 3 is 3.00 bits per heavy atom. The van der Waals surface area contributed by atoms with Gasteiger partial charge in [-0.2, -0.15) is 0 Å². The van der Waals surface area contributed by atoms with E-state index in [1.165, 1.54) is 10.9 Å². The number of nitrogens with zero attached hydrogens (tertiary/aromatic N) is 3. The maximum Gasteiger partial charge on any atom is 0.166 e. The smallest absolute Gasteiger partial charge is 0.166 e. The number of rotatable bonds is 1. The molecular weight excluding hydrogens is 183 g/mol. The van der Waals surface area contributed by atoms with Gasteiger partial charge in [0.2, 0.25) is 0 Å². The number of piperidine rings is 1. The number of alkyl halides is 1. The van der Waals surface area contributed by atoms with E-state index < -0.39 is 5.67 Å². The van der Waals surface area contributed by atoms with Crippen molar-refractivity contribution in [3.05, 3.63) is 11.9 Å². The van der Waals surface area contributed by atoms with Crippen LogP contribution in [-0.2, 0) is 12.7 Å². The summed E-state index contributed by atoms with van der Waals surface area (Å²) in [5.74, 6) is 0. The first-order chi connectivity index (χ1) is 6.62. The maximum absolute atomic E-state index is 14.4. The second-order valence-electron chi connectivity index (χ2n) is 4.03. The van der Waals surface area contributed by atoms with E-state index in [4.69, 9.17) is 0 Å². The summed E-state index contributed by atoms with van der Waals surface area (Å²) >= 11 is 0. The number of aryl methyl sites for hydroxylation is 1. The predicted molar refractivity (Wildman–Crippen MR) is 50.5 cm³/mol. The van der Waals surface area contributed by atoms with E-state index in [1.54, 1.807) is 7.05 Å². The monoisotopic (exact) mass is 198 g/mol. The van der Waals surface area contributed by atoms with Crippen molar-refractivity contribution in [1.82, 2.24) is 20.3 Å². The molecule has 1 N–H and O–H groups in total. The number of hydrogen-bond acceptors (Lipinski definition) is 3. The summed E-state index contributed by atoms with van der Waals surface area (Å²) < 4.78 is 15.9. The summed E-state index contributed by atoms with van der Waals surface area (Å²) in [4.78, 5) is 0. The highest BCUT2D eigenvalue weighted by atomic mass is 19.1. The molecule has 2 rings (SSSR count). The van der Waals surface area contributed by atoms with Gasteiger partial charge < -0.3 is 5.32 Å². The van der Waals surface area contributed by atoms with Gasteiger partial charge in [0, 0.05) is 19.6 Å². The van der Waals surface area contributed by atoms with Crippen LogP contribution in [0.25, 0.3) is 0 Å². The van der Waals surface area contributed by atoms with E-state index in [0.717, 1.165) is 6.42 Å². The lowest BCUT2D eigenvalue weighted by atomic mass is 9.90. The Kier molecular flexibility index (Phi) is 2.26. The second kappa shape index (κ2) is 3.31. The molecule has 0 bridgehead atoms. The van der Waals surface area contributed by atoms with Crippen LogP contribution in [-0.4, -0.2) is 27.6 Å². The average Bonchev–Trinajstić information content (AvgIpc) is 2.58. The van der Waals surface area contributed by atoms with Gasteiger partial charge in [-0.15, -0.1) is 5.10 Å². The molecule has 0 aliphatic carbocycles. The Labute approximate surface area is 82.5 Å². The molecule has 1 fully saturated rings. The summed E-state index contributed by atoms with van der Waals surface area (Å²) in [6.07, 6.45) is 2.90. The number of hydrogen-bond donors (Lipinski definition) is 1. The molecule has 14 heavy (non-hydrogen) atoms. The highest BCUT2D eigenvalue weighted by Crippen LogP contribution is 2.32. The average molecular weight is 198 g/mol. The van der Waals surface area contributed by atoms with E-state index in [0.29, 0.717) is 24.7 Å². The fourth-order valence-electron chi connectivity index (χ4n) is 1.89. The molecule has 5 heteroatoms. The Morgan fingerprint density at radius 2 is 2.50 bits per heavy atom. The zero-order chi connectivity index (χ0) is 10.2. The van der Waals surface area contributed by atoms with Gasteiger partial charge in [-0.1, -0.05) is 5.21 Å². The third kappa shape index (κ3) is 1.52. The van der Waals surface area contributed by atoms with Crippen LogP contribution in [0.15, 0.2) is 6.20 Å². The van der Waals surface area contributed by atoms with Crippen LogP contribution in [0.3, 0.4) is 0 Å². The SMILES string of the molecule is CC1CCC(F)(c2cnnn2C)CN1. The Morgan fingerprint density at radius 1 is 1.71 bits per heavy atom. The normalized spacial score (nSPS) is 33.2. The van der Waals surface area contributed by atoms with Crippen molar-refractivity contribution in [2.24, 2.45) is 7.05 Å². The summed E-state index contributed by atoms with van der Waals surface area (Å²) in [6, 6.07) is 0.403.